The molecule has 0 saturated carbocycles. The molecule has 0 bridgehead atoms. The Morgan fingerprint density at radius 1 is 1.38 bits per heavy atom. The minimum absolute atomic E-state index is 0.465. The molecule has 13 heavy (non-hydrogen) atoms. The Morgan fingerprint density at radius 2 is 2.08 bits per heavy atom. The molecule has 0 spiro atoms. The third-order valence-electron chi connectivity index (χ3n) is 1.75. The van der Waals surface area contributed by atoms with Crippen LogP contribution in [0.4, 0.5) is 0 Å². The number of nitrogens with zero attached hydrogens (tertiary/aromatic N) is 2. The summed E-state index contributed by atoms with van der Waals surface area (Å²) >= 11 is 0. The van der Waals surface area contributed by atoms with Crippen LogP contribution < -0.4 is 0 Å². The van der Waals surface area contributed by atoms with E-state index in [0.717, 1.165) is 12.1 Å². The van der Waals surface area contributed by atoms with Gasteiger partial charge in [-0.3, -0.25) is 0 Å². The van der Waals surface area contributed by atoms with Crippen molar-refractivity contribution in [3.8, 4) is 12.1 Å². The van der Waals surface area contributed by atoms with Crippen molar-refractivity contribution in [3.05, 3.63) is 23.0 Å². The second-order valence-electron chi connectivity index (χ2n) is 3.40. The van der Waals surface area contributed by atoms with E-state index in [0.29, 0.717) is 17.2 Å². The average Bonchev–Trinajstić information content (AvgIpc) is 2.46. The summed E-state index contributed by atoms with van der Waals surface area (Å²) in [6.07, 6.45) is 0.810. The molecule has 0 atom stereocenters. The van der Waals surface area contributed by atoms with E-state index in [1.54, 1.807) is 6.07 Å². The van der Waals surface area contributed by atoms with E-state index in [1.165, 1.54) is 0 Å². The van der Waals surface area contributed by atoms with E-state index in [4.69, 9.17) is 10.5 Å². The quantitative estimate of drug-likeness (QED) is 0.742. The zero-order chi connectivity index (χ0) is 9.84. The van der Waals surface area contributed by atoms with Gasteiger partial charge in [0, 0.05) is 5.69 Å². The Morgan fingerprint density at radius 3 is 2.54 bits per heavy atom. The Hall–Kier alpha value is -1.74. The van der Waals surface area contributed by atoms with Crippen LogP contribution in [0.25, 0.3) is 0 Å². The molecule has 0 amide bonds. The highest BCUT2D eigenvalue weighted by atomic mass is 14.7. The number of hydrogen-bond donors (Lipinski definition) is 1. The number of H-pyrrole nitrogens is 1. The molecule has 3 heteroatoms. The molecule has 0 fully saturated rings. The molecule has 0 saturated heterocycles. The van der Waals surface area contributed by atoms with Crippen molar-refractivity contribution in [2.24, 2.45) is 5.92 Å². The van der Waals surface area contributed by atoms with Gasteiger partial charge in [0.05, 0.1) is 5.56 Å². The predicted molar refractivity (Wildman–Crippen MR) is 48.8 cm³/mol. The van der Waals surface area contributed by atoms with Gasteiger partial charge < -0.3 is 4.98 Å². The number of nitriles is 2. The van der Waals surface area contributed by atoms with Crippen molar-refractivity contribution in [1.82, 2.24) is 4.98 Å². The molecule has 1 aromatic heterocycles. The smallest absolute Gasteiger partial charge is 0.119 e. The highest BCUT2D eigenvalue weighted by Crippen LogP contribution is 2.13. The van der Waals surface area contributed by atoms with Crippen molar-refractivity contribution >= 4 is 0 Å². The van der Waals surface area contributed by atoms with Crippen LogP contribution in [0.3, 0.4) is 0 Å². The van der Waals surface area contributed by atoms with Crippen LogP contribution in [-0.4, -0.2) is 4.98 Å². The van der Waals surface area contributed by atoms with Crippen LogP contribution in [0.2, 0.25) is 0 Å². The topological polar surface area (TPSA) is 63.4 Å². The number of rotatable bonds is 2. The molecule has 1 rings (SSSR count). The normalized spacial score (nSPS) is 9.62. The summed E-state index contributed by atoms with van der Waals surface area (Å²) < 4.78 is 0. The van der Waals surface area contributed by atoms with Crippen molar-refractivity contribution in [2.45, 2.75) is 20.3 Å². The summed E-state index contributed by atoms with van der Waals surface area (Å²) in [6.45, 7) is 4.15. The van der Waals surface area contributed by atoms with Gasteiger partial charge >= 0.3 is 0 Å². The van der Waals surface area contributed by atoms with Gasteiger partial charge in [0.1, 0.15) is 17.8 Å². The number of nitrogens with one attached hydrogen (secondary N) is 1. The Kier molecular flexibility index (Phi) is 2.72. The summed E-state index contributed by atoms with van der Waals surface area (Å²) in [5.74, 6) is 0.484. The van der Waals surface area contributed by atoms with Crippen molar-refractivity contribution in [2.75, 3.05) is 0 Å². The molecule has 0 radical (unpaired) electrons. The van der Waals surface area contributed by atoms with Gasteiger partial charge in [0.25, 0.3) is 0 Å². The molecule has 66 valence electrons. The highest BCUT2D eigenvalue weighted by molar-refractivity contribution is 5.40. The third-order valence-corrected chi connectivity index (χ3v) is 1.75. The van der Waals surface area contributed by atoms with Crippen LogP contribution >= 0.6 is 0 Å². The van der Waals surface area contributed by atoms with E-state index in [1.807, 2.05) is 6.07 Å². The van der Waals surface area contributed by atoms with Gasteiger partial charge in [-0.25, -0.2) is 0 Å². The van der Waals surface area contributed by atoms with E-state index in [2.05, 4.69) is 24.9 Å². The van der Waals surface area contributed by atoms with Crippen molar-refractivity contribution < 1.29 is 0 Å². The third kappa shape index (κ3) is 2.10. The standard InChI is InChI=1S/C10H11N3/c1-7(2)3-10-8(5-11)4-9(6-12)13-10/h4,7,13H,3H2,1-2H3. The lowest BCUT2D eigenvalue weighted by Gasteiger charge is -2.01. The van der Waals surface area contributed by atoms with E-state index in [9.17, 15) is 0 Å². The van der Waals surface area contributed by atoms with Crippen LogP contribution in [0, 0.1) is 28.6 Å². The Balaban J connectivity index is 3.01. The first-order valence-corrected chi connectivity index (χ1v) is 4.19. The summed E-state index contributed by atoms with van der Waals surface area (Å²) in [5, 5.41) is 17.4. The molecule has 0 unspecified atom stereocenters. The first kappa shape index (κ1) is 9.35. The molecule has 0 aliphatic heterocycles. The van der Waals surface area contributed by atoms with Crippen molar-refractivity contribution in [1.29, 1.82) is 10.5 Å². The van der Waals surface area contributed by atoms with Crippen LogP contribution in [-0.2, 0) is 6.42 Å². The maximum atomic E-state index is 8.76. The molecule has 1 heterocycles. The lowest BCUT2D eigenvalue weighted by molar-refractivity contribution is 0.636. The molecule has 1 N–H and O–H groups in total. The Labute approximate surface area is 77.6 Å². The van der Waals surface area contributed by atoms with Crippen LogP contribution in [0.15, 0.2) is 6.07 Å². The summed E-state index contributed by atoms with van der Waals surface area (Å²) in [5.41, 5.74) is 1.92. The second-order valence-corrected chi connectivity index (χ2v) is 3.40. The second kappa shape index (κ2) is 3.78. The molecular formula is C10H11N3. The van der Waals surface area contributed by atoms with Gasteiger partial charge in [-0.05, 0) is 18.4 Å². The maximum absolute atomic E-state index is 8.76. The molecular weight excluding hydrogens is 162 g/mol. The number of aromatic amines is 1. The summed E-state index contributed by atoms with van der Waals surface area (Å²) in [4.78, 5) is 2.93. The molecule has 0 aliphatic carbocycles. The largest absolute Gasteiger partial charge is 0.349 e. The van der Waals surface area contributed by atoms with Crippen molar-refractivity contribution in [3.63, 3.8) is 0 Å². The highest BCUT2D eigenvalue weighted by Gasteiger charge is 2.08. The molecule has 1 aromatic rings. The average molecular weight is 173 g/mol. The minimum atomic E-state index is 0.465. The molecule has 0 aliphatic rings. The van der Waals surface area contributed by atoms with Gasteiger partial charge in [-0.2, -0.15) is 10.5 Å². The lowest BCUT2D eigenvalue weighted by Crippen LogP contribution is -1.96. The van der Waals surface area contributed by atoms with E-state index < -0.39 is 0 Å². The maximum Gasteiger partial charge on any atom is 0.119 e. The van der Waals surface area contributed by atoms with Gasteiger partial charge in [0.2, 0.25) is 0 Å². The zero-order valence-electron chi connectivity index (χ0n) is 7.76. The van der Waals surface area contributed by atoms with E-state index in [-0.39, 0.29) is 0 Å². The summed E-state index contributed by atoms with van der Waals surface area (Å²) in [7, 11) is 0. The first-order chi connectivity index (χ1) is 6.17. The molecule has 0 aromatic carbocycles. The fourth-order valence-corrected chi connectivity index (χ4v) is 1.23. The Bertz CT molecular complexity index is 374. The first-order valence-electron chi connectivity index (χ1n) is 4.19. The number of hydrogen-bond acceptors (Lipinski definition) is 2. The van der Waals surface area contributed by atoms with Crippen LogP contribution in [0.5, 0.6) is 0 Å². The van der Waals surface area contributed by atoms with Gasteiger partial charge in [-0.15, -0.1) is 0 Å². The van der Waals surface area contributed by atoms with E-state index >= 15 is 0 Å². The van der Waals surface area contributed by atoms with Crippen LogP contribution in [0.1, 0.15) is 30.8 Å². The fourth-order valence-electron chi connectivity index (χ4n) is 1.23. The minimum Gasteiger partial charge on any atom is -0.349 e. The lowest BCUT2D eigenvalue weighted by atomic mass is 10.1. The molecule has 3 nitrogen and oxygen atoms in total. The monoisotopic (exact) mass is 173 g/mol. The summed E-state index contributed by atoms with van der Waals surface area (Å²) in [6, 6.07) is 5.66. The SMILES string of the molecule is CC(C)Cc1[nH]c(C#N)cc1C#N. The van der Waals surface area contributed by atoms with Gasteiger partial charge in [-0.1, -0.05) is 13.8 Å². The number of aromatic nitrogens is 1. The fraction of sp³-hybridized carbons (Fsp3) is 0.400. The predicted octanol–water partition coefficient (Wildman–Crippen LogP) is 1.96. The zero-order valence-corrected chi connectivity index (χ0v) is 7.76. The van der Waals surface area contributed by atoms with Gasteiger partial charge in [0.15, 0.2) is 0 Å².